The maximum absolute atomic E-state index is 11.4. The Morgan fingerprint density at radius 1 is 1.00 bits per heavy atom. The summed E-state index contributed by atoms with van der Waals surface area (Å²) in [5.41, 5.74) is 3.07. The molecule has 2 aromatic carbocycles. The van der Waals surface area contributed by atoms with E-state index in [0.717, 1.165) is 30.2 Å². The van der Waals surface area contributed by atoms with E-state index in [1.54, 1.807) is 0 Å². The predicted octanol–water partition coefficient (Wildman–Crippen LogP) is 3.45. The third-order valence-electron chi connectivity index (χ3n) is 3.82. The number of rotatable bonds is 7. The number of sulfone groups is 1. The Morgan fingerprint density at radius 2 is 1.59 bits per heavy atom. The van der Waals surface area contributed by atoms with Crippen LogP contribution in [0.25, 0.3) is 0 Å². The van der Waals surface area contributed by atoms with Crippen molar-refractivity contribution in [1.29, 1.82) is 0 Å². The average molecular weight is 501 g/mol. The highest BCUT2D eigenvalue weighted by Gasteiger charge is 2.07. The van der Waals surface area contributed by atoms with Gasteiger partial charge in [0.25, 0.3) is 0 Å². The molecule has 0 aliphatic carbocycles. The zero-order chi connectivity index (χ0) is 19.0. The number of hydrogen-bond donors (Lipinski definition) is 1. The van der Waals surface area contributed by atoms with E-state index in [1.165, 1.54) is 11.8 Å². The molecule has 27 heavy (non-hydrogen) atoms. The lowest BCUT2D eigenvalue weighted by Gasteiger charge is -2.22. The molecule has 5 nitrogen and oxygen atoms in total. The number of halogens is 1. The van der Waals surface area contributed by atoms with Crippen molar-refractivity contribution in [3.05, 3.63) is 71.3 Å². The molecule has 0 fully saturated rings. The quantitative estimate of drug-likeness (QED) is 0.359. The molecule has 0 saturated heterocycles. The molecule has 0 spiro atoms. The summed E-state index contributed by atoms with van der Waals surface area (Å²) in [6, 6.07) is 17.8. The van der Waals surface area contributed by atoms with Gasteiger partial charge in [-0.2, -0.15) is 0 Å². The lowest BCUT2D eigenvalue weighted by molar-refractivity contribution is 0.477. The molecule has 0 atom stereocenters. The molecule has 0 bridgehead atoms. The first-order chi connectivity index (χ1) is 12.4. The average Bonchev–Trinajstić information content (AvgIpc) is 2.59. The van der Waals surface area contributed by atoms with Crippen LogP contribution in [0.4, 0.5) is 0 Å². The second kappa shape index (κ2) is 11.3. The summed E-state index contributed by atoms with van der Waals surface area (Å²) in [6.45, 7) is 4.16. The van der Waals surface area contributed by atoms with Gasteiger partial charge in [-0.15, -0.1) is 24.0 Å². The van der Waals surface area contributed by atoms with Crippen molar-refractivity contribution in [3.8, 4) is 0 Å². The molecule has 2 rings (SSSR count). The Balaban J connectivity index is 0.00000364. The maximum Gasteiger partial charge on any atom is 0.194 e. The van der Waals surface area contributed by atoms with Crippen molar-refractivity contribution >= 4 is 39.8 Å². The van der Waals surface area contributed by atoms with Gasteiger partial charge in [0.1, 0.15) is 0 Å². The molecule has 0 aromatic heterocycles. The molecule has 148 valence electrons. The maximum atomic E-state index is 11.4. The second-order valence-corrected chi connectivity index (χ2v) is 8.54. The fourth-order valence-electron chi connectivity index (χ4n) is 2.61. The van der Waals surface area contributed by atoms with Crippen LogP contribution in [0.1, 0.15) is 23.6 Å². The van der Waals surface area contributed by atoms with Crippen molar-refractivity contribution in [3.63, 3.8) is 0 Å². The van der Waals surface area contributed by atoms with Gasteiger partial charge in [-0.25, -0.2) is 13.4 Å². The number of guanidine groups is 1. The molecule has 0 amide bonds. The number of benzene rings is 2. The second-order valence-electron chi connectivity index (χ2n) is 6.40. The molecule has 7 heteroatoms. The van der Waals surface area contributed by atoms with E-state index in [1.807, 2.05) is 56.4 Å². The SMILES string of the molecule is CCNC(=NCc1ccc(CS(C)(=O)=O)cc1)N(C)Cc1ccccc1.I. The fourth-order valence-corrected chi connectivity index (χ4v) is 3.41. The van der Waals surface area contributed by atoms with E-state index in [0.29, 0.717) is 6.54 Å². The van der Waals surface area contributed by atoms with Gasteiger partial charge in [-0.1, -0.05) is 54.6 Å². The van der Waals surface area contributed by atoms with Crippen molar-refractivity contribution < 1.29 is 8.42 Å². The highest BCUT2D eigenvalue weighted by Crippen LogP contribution is 2.09. The van der Waals surface area contributed by atoms with Gasteiger partial charge in [-0.3, -0.25) is 0 Å². The summed E-state index contributed by atoms with van der Waals surface area (Å²) in [4.78, 5) is 6.79. The van der Waals surface area contributed by atoms with Gasteiger partial charge in [0, 0.05) is 26.4 Å². The first-order valence-corrected chi connectivity index (χ1v) is 10.7. The normalized spacial score (nSPS) is 11.6. The fraction of sp³-hybridized carbons (Fsp3) is 0.350. The number of nitrogens with zero attached hydrogens (tertiary/aromatic N) is 2. The van der Waals surface area contributed by atoms with E-state index in [-0.39, 0.29) is 29.7 Å². The third kappa shape index (κ3) is 8.75. The minimum absolute atomic E-state index is 0. The van der Waals surface area contributed by atoms with Crippen LogP contribution in [0.15, 0.2) is 59.6 Å². The van der Waals surface area contributed by atoms with Crippen molar-refractivity contribution in [2.75, 3.05) is 19.8 Å². The smallest absolute Gasteiger partial charge is 0.194 e. The van der Waals surface area contributed by atoms with Crippen LogP contribution in [0, 0.1) is 0 Å². The Hall–Kier alpha value is -1.61. The van der Waals surface area contributed by atoms with Crippen LogP contribution in [0.3, 0.4) is 0 Å². The third-order valence-corrected chi connectivity index (χ3v) is 4.68. The lowest BCUT2D eigenvalue weighted by Crippen LogP contribution is -2.38. The van der Waals surface area contributed by atoms with Crippen LogP contribution in [-0.2, 0) is 28.7 Å². The highest BCUT2D eigenvalue weighted by atomic mass is 127. The van der Waals surface area contributed by atoms with E-state index < -0.39 is 9.84 Å². The van der Waals surface area contributed by atoms with Crippen LogP contribution in [-0.4, -0.2) is 39.1 Å². The Morgan fingerprint density at radius 3 is 2.15 bits per heavy atom. The molecule has 2 aromatic rings. The Bertz CT molecular complexity index is 822. The van der Waals surface area contributed by atoms with E-state index >= 15 is 0 Å². The number of nitrogens with one attached hydrogen (secondary N) is 1. The summed E-state index contributed by atoms with van der Waals surface area (Å²) in [7, 11) is -0.991. The topological polar surface area (TPSA) is 61.8 Å². The van der Waals surface area contributed by atoms with Crippen LogP contribution < -0.4 is 5.32 Å². The predicted molar refractivity (Wildman–Crippen MR) is 123 cm³/mol. The van der Waals surface area contributed by atoms with Crippen molar-refractivity contribution in [2.24, 2.45) is 4.99 Å². The van der Waals surface area contributed by atoms with E-state index in [4.69, 9.17) is 4.99 Å². The zero-order valence-corrected chi connectivity index (χ0v) is 19.2. The van der Waals surface area contributed by atoms with E-state index in [2.05, 4.69) is 22.3 Å². The van der Waals surface area contributed by atoms with Crippen molar-refractivity contribution in [2.45, 2.75) is 25.8 Å². The van der Waals surface area contributed by atoms with E-state index in [9.17, 15) is 8.42 Å². The van der Waals surface area contributed by atoms with Gasteiger partial charge in [0.05, 0.1) is 12.3 Å². The van der Waals surface area contributed by atoms with Crippen LogP contribution in [0.2, 0.25) is 0 Å². The van der Waals surface area contributed by atoms with Gasteiger partial charge in [-0.05, 0) is 23.6 Å². The summed E-state index contributed by atoms with van der Waals surface area (Å²) in [5, 5.41) is 3.31. The largest absolute Gasteiger partial charge is 0.357 e. The zero-order valence-electron chi connectivity index (χ0n) is 16.1. The standard InChI is InChI=1S/C20H27N3O2S.HI/c1-4-21-20(23(2)15-18-8-6-5-7-9-18)22-14-17-10-12-19(13-11-17)16-26(3,24)25;/h5-13H,4,14-16H2,1-3H3,(H,21,22);1H. The van der Waals surface area contributed by atoms with Gasteiger partial charge in [0.15, 0.2) is 15.8 Å². The molecule has 0 saturated carbocycles. The number of hydrogen-bond acceptors (Lipinski definition) is 3. The lowest BCUT2D eigenvalue weighted by atomic mass is 10.1. The molecule has 0 radical (unpaired) electrons. The van der Waals surface area contributed by atoms with Crippen LogP contribution >= 0.6 is 24.0 Å². The summed E-state index contributed by atoms with van der Waals surface area (Å²) in [5.74, 6) is 0.912. The first-order valence-electron chi connectivity index (χ1n) is 8.66. The Labute approximate surface area is 179 Å². The van der Waals surface area contributed by atoms with Crippen molar-refractivity contribution in [1.82, 2.24) is 10.2 Å². The monoisotopic (exact) mass is 501 g/mol. The van der Waals surface area contributed by atoms with Gasteiger partial charge < -0.3 is 10.2 Å². The molecule has 0 aliphatic rings. The molecule has 0 unspecified atom stereocenters. The minimum Gasteiger partial charge on any atom is -0.357 e. The summed E-state index contributed by atoms with van der Waals surface area (Å²) in [6.07, 6.45) is 1.25. The summed E-state index contributed by atoms with van der Waals surface area (Å²) < 4.78 is 22.7. The molecule has 0 aliphatic heterocycles. The molecule has 0 heterocycles. The highest BCUT2D eigenvalue weighted by molar-refractivity contribution is 14.0. The first kappa shape index (κ1) is 23.4. The summed E-state index contributed by atoms with van der Waals surface area (Å²) >= 11 is 0. The minimum atomic E-state index is -3.01. The molecule has 1 N–H and O–H groups in total. The van der Waals surface area contributed by atoms with Gasteiger partial charge in [0.2, 0.25) is 0 Å². The molecular weight excluding hydrogens is 473 g/mol. The van der Waals surface area contributed by atoms with Gasteiger partial charge >= 0.3 is 0 Å². The number of aliphatic imine (C=N–C) groups is 1. The Kier molecular flexibility index (Phi) is 9.79. The molecular formula is C20H28IN3O2S. The van der Waals surface area contributed by atoms with Crippen LogP contribution in [0.5, 0.6) is 0 Å².